The molecule has 0 radical (unpaired) electrons. The summed E-state index contributed by atoms with van der Waals surface area (Å²) in [6.45, 7) is 0. The lowest BCUT2D eigenvalue weighted by molar-refractivity contribution is 0.389. The third-order valence-corrected chi connectivity index (χ3v) is 3.85. The number of hydrogen-bond acceptors (Lipinski definition) is 3. The van der Waals surface area contributed by atoms with Crippen LogP contribution in [0.2, 0.25) is 0 Å². The Balaban J connectivity index is 1.99. The van der Waals surface area contributed by atoms with Gasteiger partial charge in [-0.05, 0) is 49.5 Å². The van der Waals surface area contributed by atoms with E-state index in [2.05, 4.69) is 85.8 Å². The molecule has 1 aliphatic heterocycles. The second-order valence-corrected chi connectivity index (χ2v) is 5.78. The van der Waals surface area contributed by atoms with Gasteiger partial charge in [0.05, 0.1) is 0 Å². The molecular formula is C17H21N3. The first kappa shape index (κ1) is 13.0. The molecule has 0 aromatic heterocycles. The van der Waals surface area contributed by atoms with Crippen LogP contribution in [-0.4, -0.2) is 39.1 Å². The maximum Gasteiger partial charge on any atom is 0.0482 e. The zero-order valence-electron chi connectivity index (χ0n) is 12.5. The molecule has 2 aliphatic rings. The number of hydrogen-bond donors (Lipinski definition) is 1. The van der Waals surface area contributed by atoms with E-state index >= 15 is 0 Å². The third-order valence-electron chi connectivity index (χ3n) is 3.85. The standard InChI is InChI=1S/C17H21N3/c1-19(2)14-7-5-12-9-13-6-8-15(20(3)4)11-17(13)18-16(12)10-14/h5-11,14,18H,1-4H3. The van der Waals surface area contributed by atoms with E-state index < -0.39 is 0 Å². The van der Waals surface area contributed by atoms with Crippen LogP contribution in [0.25, 0.3) is 6.08 Å². The van der Waals surface area contributed by atoms with Crippen molar-refractivity contribution in [1.29, 1.82) is 0 Å². The molecule has 104 valence electrons. The van der Waals surface area contributed by atoms with Gasteiger partial charge in [-0.3, -0.25) is 4.90 Å². The molecule has 1 N–H and O–H groups in total. The fourth-order valence-electron chi connectivity index (χ4n) is 2.54. The second-order valence-electron chi connectivity index (χ2n) is 5.78. The molecule has 0 saturated carbocycles. The van der Waals surface area contributed by atoms with Gasteiger partial charge >= 0.3 is 0 Å². The van der Waals surface area contributed by atoms with E-state index in [-0.39, 0.29) is 0 Å². The van der Waals surface area contributed by atoms with Gasteiger partial charge in [-0.15, -0.1) is 0 Å². The lowest BCUT2D eigenvalue weighted by atomic mass is 9.95. The average Bonchev–Trinajstić information content (AvgIpc) is 2.43. The Hall–Kier alpha value is -2.00. The Morgan fingerprint density at radius 3 is 2.60 bits per heavy atom. The summed E-state index contributed by atoms with van der Waals surface area (Å²) in [7, 11) is 8.33. The monoisotopic (exact) mass is 267 g/mol. The van der Waals surface area contributed by atoms with Gasteiger partial charge in [0, 0.05) is 37.2 Å². The van der Waals surface area contributed by atoms with Crippen molar-refractivity contribution in [3.8, 4) is 0 Å². The van der Waals surface area contributed by atoms with Crippen LogP contribution in [0.4, 0.5) is 11.4 Å². The molecule has 1 aliphatic carbocycles. The van der Waals surface area contributed by atoms with Crippen LogP contribution in [-0.2, 0) is 0 Å². The number of fused-ring (bicyclic) bond motifs is 2. The highest BCUT2D eigenvalue weighted by molar-refractivity contribution is 5.82. The Morgan fingerprint density at radius 2 is 1.90 bits per heavy atom. The summed E-state index contributed by atoms with van der Waals surface area (Å²) in [5, 5.41) is 3.57. The second kappa shape index (κ2) is 4.84. The van der Waals surface area contributed by atoms with E-state index in [1.807, 2.05) is 0 Å². The van der Waals surface area contributed by atoms with Gasteiger partial charge < -0.3 is 10.2 Å². The minimum atomic E-state index is 0.355. The maximum atomic E-state index is 3.57. The number of rotatable bonds is 2. The summed E-state index contributed by atoms with van der Waals surface area (Å²) in [5.74, 6) is 0. The van der Waals surface area contributed by atoms with Crippen molar-refractivity contribution in [2.24, 2.45) is 0 Å². The van der Waals surface area contributed by atoms with E-state index in [0.717, 1.165) is 0 Å². The molecule has 0 fully saturated rings. The number of anilines is 2. The van der Waals surface area contributed by atoms with Crippen LogP contribution in [0.15, 0.2) is 47.7 Å². The van der Waals surface area contributed by atoms with E-state index in [1.54, 1.807) is 0 Å². The number of allylic oxidation sites excluding steroid dienone is 1. The van der Waals surface area contributed by atoms with Crippen molar-refractivity contribution < 1.29 is 0 Å². The molecular weight excluding hydrogens is 246 g/mol. The zero-order valence-corrected chi connectivity index (χ0v) is 12.5. The highest BCUT2D eigenvalue weighted by Crippen LogP contribution is 2.34. The smallest absolute Gasteiger partial charge is 0.0482 e. The summed E-state index contributed by atoms with van der Waals surface area (Å²) in [6, 6.07) is 6.88. The summed E-state index contributed by atoms with van der Waals surface area (Å²) >= 11 is 0. The van der Waals surface area contributed by atoms with Gasteiger partial charge in [0.1, 0.15) is 0 Å². The van der Waals surface area contributed by atoms with E-state index in [4.69, 9.17) is 0 Å². The first-order valence-corrected chi connectivity index (χ1v) is 6.91. The number of nitrogens with one attached hydrogen (secondary N) is 1. The predicted molar refractivity (Wildman–Crippen MR) is 87.1 cm³/mol. The molecule has 1 aromatic rings. The van der Waals surface area contributed by atoms with Crippen LogP contribution < -0.4 is 10.2 Å². The van der Waals surface area contributed by atoms with Crippen LogP contribution in [0.5, 0.6) is 0 Å². The molecule has 1 unspecified atom stereocenters. The first-order valence-electron chi connectivity index (χ1n) is 6.91. The van der Waals surface area contributed by atoms with Crippen LogP contribution >= 0.6 is 0 Å². The number of nitrogens with zero attached hydrogens (tertiary/aromatic N) is 2. The summed E-state index contributed by atoms with van der Waals surface area (Å²) in [4.78, 5) is 4.33. The summed E-state index contributed by atoms with van der Waals surface area (Å²) in [5.41, 5.74) is 6.10. The van der Waals surface area contributed by atoms with Crippen LogP contribution in [0, 0.1) is 0 Å². The van der Waals surface area contributed by atoms with E-state index in [0.29, 0.717) is 6.04 Å². The topological polar surface area (TPSA) is 18.5 Å². The van der Waals surface area contributed by atoms with Gasteiger partial charge in [-0.25, -0.2) is 0 Å². The van der Waals surface area contributed by atoms with Crippen molar-refractivity contribution in [3.63, 3.8) is 0 Å². The Morgan fingerprint density at radius 1 is 1.10 bits per heavy atom. The van der Waals surface area contributed by atoms with Crippen molar-refractivity contribution in [1.82, 2.24) is 4.90 Å². The van der Waals surface area contributed by atoms with Gasteiger partial charge in [-0.2, -0.15) is 0 Å². The molecule has 1 atom stereocenters. The maximum absolute atomic E-state index is 3.57. The molecule has 0 spiro atoms. The zero-order chi connectivity index (χ0) is 14.3. The average molecular weight is 267 g/mol. The first-order chi connectivity index (χ1) is 9.54. The quantitative estimate of drug-likeness (QED) is 0.889. The Bertz CT molecular complexity index is 621. The Kier molecular flexibility index (Phi) is 3.14. The van der Waals surface area contributed by atoms with Crippen molar-refractivity contribution >= 4 is 17.5 Å². The van der Waals surface area contributed by atoms with Gasteiger partial charge in [-0.1, -0.05) is 18.2 Å². The minimum Gasteiger partial charge on any atom is -0.378 e. The molecule has 0 amide bonds. The molecule has 3 rings (SSSR count). The normalized spacial score (nSPS) is 19.8. The molecule has 1 aromatic carbocycles. The molecule has 0 saturated heterocycles. The molecule has 0 bridgehead atoms. The third kappa shape index (κ3) is 2.25. The van der Waals surface area contributed by atoms with Gasteiger partial charge in [0.15, 0.2) is 0 Å². The highest BCUT2D eigenvalue weighted by atomic mass is 15.1. The number of benzene rings is 1. The molecule has 20 heavy (non-hydrogen) atoms. The predicted octanol–water partition coefficient (Wildman–Crippen LogP) is 2.95. The minimum absolute atomic E-state index is 0.355. The van der Waals surface area contributed by atoms with Crippen molar-refractivity contribution in [2.45, 2.75) is 6.04 Å². The molecule has 3 heteroatoms. The van der Waals surface area contributed by atoms with Gasteiger partial charge in [0.25, 0.3) is 0 Å². The Labute approximate surface area is 120 Å². The van der Waals surface area contributed by atoms with E-state index in [1.165, 1.54) is 28.2 Å². The van der Waals surface area contributed by atoms with Gasteiger partial charge in [0.2, 0.25) is 0 Å². The molecule has 1 heterocycles. The van der Waals surface area contributed by atoms with Crippen molar-refractivity contribution in [2.75, 3.05) is 38.4 Å². The van der Waals surface area contributed by atoms with Crippen LogP contribution in [0.3, 0.4) is 0 Å². The highest BCUT2D eigenvalue weighted by Gasteiger charge is 2.19. The molecule has 3 nitrogen and oxygen atoms in total. The van der Waals surface area contributed by atoms with Crippen molar-refractivity contribution in [3.05, 3.63) is 53.3 Å². The van der Waals surface area contributed by atoms with E-state index in [9.17, 15) is 0 Å². The fraction of sp³-hybridized carbons (Fsp3) is 0.294. The lowest BCUT2D eigenvalue weighted by Crippen LogP contribution is -2.27. The fourth-order valence-corrected chi connectivity index (χ4v) is 2.54. The number of likely N-dealkylation sites (N-methyl/N-ethyl adjacent to an activating group) is 1. The lowest BCUT2D eigenvalue weighted by Gasteiger charge is -2.28. The SMILES string of the molecule is CN(C)c1ccc2c(c1)NC1=CC(N(C)C)C=CC1=C2. The largest absolute Gasteiger partial charge is 0.378 e. The van der Waals surface area contributed by atoms with Crippen LogP contribution in [0.1, 0.15) is 5.56 Å². The summed E-state index contributed by atoms with van der Waals surface area (Å²) in [6.07, 6.45) is 8.96. The summed E-state index contributed by atoms with van der Waals surface area (Å²) < 4.78 is 0.